The molecule has 3 amide bonds. The molecule has 2 heterocycles. The summed E-state index contributed by atoms with van der Waals surface area (Å²) < 4.78 is 14.9. The van der Waals surface area contributed by atoms with E-state index in [1.165, 1.54) is 17.7 Å². The smallest absolute Gasteiger partial charge is 0.318 e. The minimum absolute atomic E-state index is 0.0234. The number of hydrogen-bond donors (Lipinski definition) is 3. The standard InChI is InChI=1S/C28H43N5O4S/c1-21-19-23(32(3)27(29)36)20-22(2)24(21)12-18-38(37)33-15-13-28(14-16-33)26(35)30-25(31-28)11-9-7-5-4-6-8-10-17-34/h12,18-20,34H,4-11,13-17H2,1-3H3,(H2,29,36)(H,30,31,35)/b18-12+. The lowest BCUT2D eigenvalue weighted by Crippen LogP contribution is -2.50. The Balaban J connectivity index is 1.49. The lowest BCUT2D eigenvalue weighted by Gasteiger charge is -2.34. The SMILES string of the molecule is Cc1cc(N(C)C(N)=O)cc(C)c1/C=C/[S+]([O-])N1CCC2(CC1)N=C(CCCCCCCCCO)NC2=O. The molecule has 1 aromatic carbocycles. The number of hydrogen-bond acceptors (Lipinski definition) is 6. The van der Waals surface area contributed by atoms with Crippen molar-refractivity contribution in [2.24, 2.45) is 10.7 Å². The Bertz CT molecular complexity index is 1010. The number of aryl methyl sites for hydroxylation is 2. The van der Waals surface area contributed by atoms with Crippen molar-refractivity contribution in [2.75, 3.05) is 31.6 Å². The number of amides is 3. The maximum atomic E-state index is 13.0. The minimum Gasteiger partial charge on any atom is -0.593 e. The van der Waals surface area contributed by atoms with Gasteiger partial charge in [0.2, 0.25) is 0 Å². The third kappa shape index (κ3) is 7.81. The summed E-state index contributed by atoms with van der Waals surface area (Å²) in [4.78, 5) is 30.5. The number of piperidine rings is 1. The van der Waals surface area contributed by atoms with Gasteiger partial charge >= 0.3 is 6.03 Å². The number of urea groups is 1. The number of rotatable bonds is 13. The third-order valence-electron chi connectivity index (χ3n) is 7.55. The normalized spacial score (nSPS) is 18.1. The summed E-state index contributed by atoms with van der Waals surface area (Å²) in [5, 5.41) is 13.5. The van der Waals surface area contributed by atoms with Gasteiger partial charge in [0.1, 0.15) is 16.8 Å². The fourth-order valence-corrected chi connectivity index (χ4v) is 6.08. The quantitative estimate of drug-likeness (QED) is 0.255. The molecule has 0 bridgehead atoms. The van der Waals surface area contributed by atoms with Crippen LogP contribution >= 0.6 is 0 Å². The number of nitrogens with one attached hydrogen (secondary N) is 1. The second kappa shape index (κ2) is 14.1. The van der Waals surface area contributed by atoms with Crippen LogP contribution in [-0.4, -0.2) is 64.0 Å². The highest BCUT2D eigenvalue weighted by atomic mass is 32.2. The number of nitrogens with two attached hydrogens (primary N) is 1. The number of unbranched alkanes of at least 4 members (excludes halogenated alkanes) is 6. The summed E-state index contributed by atoms with van der Waals surface area (Å²) in [7, 11) is 1.63. The van der Waals surface area contributed by atoms with E-state index >= 15 is 0 Å². The maximum absolute atomic E-state index is 13.0. The Labute approximate surface area is 229 Å². The van der Waals surface area contributed by atoms with Crippen LogP contribution in [0.1, 0.15) is 80.9 Å². The van der Waals surface area contributed by atoms with Crippen LogP contribution < -0.4 is 16.0 Å². The highest BCUT2D eigenvalue weighted by molar-refractivity contribution is 7.92. The number of carbonyl (C=O) groups excluding carboxylic acids is 2. The summed E-state index contributed by atoms with van der Waals surface area (Å²) >= 11 is -1.32. The number of anilines is 1. The fraction of sp³-hybridized carbons (Fsp3) is 0.607. The van der Waals surface area contributed by atoms with Gasteiger partial charge in [-0.1, -0.05) is 32.1 Å². The van der Waals surface area contributed by atoms with E-state index in [1.807, 2.05) is 36.4 Å². The van der Waals surface area contributed by atoms with E-state index in [2.05, 4.69) is 5.32 Å². The van der Waals surface area contributed by atoms with Gasteiger partial charge in [-0.05, 0) is 74.4 Å². The zero-order valence-corrected chi connectivity index (χ0v) is 23.8. The molecule has 0 aromatic heterocycles. The van der Waals surface area contributed by atoms with Crippen LogP contribution in [-0.2, 0) is 16.2 Å². The van der Waals surface area contributed by atoms with E-state index in [0.29, 0.717) is 25.9 Å². The Kier molecular flexibility index (Phi) is 11.2. The van der Waals surface area contributed by atoms with Crippen molar-refractivity contribution < 1.29 is 19.2 Å². The minimum atomic E-state index is -1.32. The van der Waals surface area contributed by atoms with Gasteiger partial charge in [0, 0.05) is 38.9 Å². The number of aliphatic imine (C=N–C) groups is 1. The van der Waals surface area contributed by atoms with Crippen LogP contribution in [0, 0.1) is 13.8 Å². The van der Waals surface area contributed by atoms with Crippen molar-refractivity contribution in [1.82, 2.24) is 9.62 Å². The molecule has 1 atom stereocenters. The summed E-state index contributed by atoms with van der Waals surface area (Å²) in [6, 6.07) is 3.25. The van der Waals surface area contributed by atoms with Gasteiger partial charge in [-0.25, -0.2) is 4.79 Å². The van der Waals surface area contributed by atoms with Gasteiger partial charge in [0.15, 0.2) is 0 Å². The molecule has 9 nitrogen and oxygen atoms in total. The Hall–Kier alpha value is -2.40. The third-order valence-corrected chi connectivity index (χ3v) is 8.80. The summed E-state index contributed by atoms with van der Waals surface area (Å²) in [5.74, 6) is 0.769. The first-order valence-corrected chi connectivity index (χ1v) is 14.8. The average Bonchev–Trinajstić information content (AvgIpc) is 3.18. The monoisotopic (exact) mass is 545 g/mol. The van der Waals surface area contributed by atoms with Gasteiger partial charge in [0.25, 0.3) is 5.91 Å². The molecule has 2 aliphatic rings. The van der Waals surface area contributed by atoms with Gasteiger partial charge in [-0.15, -0.1) is 4.31 Å². The van der Waals surface area contributed by atoms with Crippen LogP contribution in [0.2, 0.25) is 0 Å². The van der Waals surface area contributed by atoms with Crippen molar-refractivity contribution in [2.45, 2.75) is 83.6 Å². The second-order valence-electron chi connectivity index (χ2n) is 10.4. The molecule has 2 aliphatic heterocycles. The summed E-state index contributed by atoms with van der Waals surface area (Å²) in [5.41, 5.74) is 8.27. The molecular weight excluding hydrogens is 502 g/mol. The maximum Gasteiger partial charge on any atom is 0.318 e. The first-order chi connectivity index (χ1) is 18.2. The van der Waals surface area contributed by atoms with Gasteiger partial charge in [-0.3, -0.25) is 14.7 Å². The van der Waals surface area contributed by atoms with E-state index in [0.717, 1.165) is 66.7 Å². The van der Waals surface area contributed by atoms with E-state index < -0.39 is 22.9 Å². The lowest BCUT2D eigenvalue weighted by atomic mass is 9.89. The molecule has 210 valence electrons. The molecule has 1 unspecified atom stereocenters. The molecule has 1 spiro atoms. The molecule has 0 radical (unpaired) electrons. The van der Waals surface area contributed by atoms with Gasteiger partial charge in [0.05, 0.1) is 11.4 Å². The Morgan fingerprint density at radius 3 is 2.32 bits per heavy atom. The number of carbonyl (C=O) groups is 2. The number of primary amides is 1. The van der Waals surface area contributed by atoms with E-state index in [1.54, 1.807) is 12.5 Å². The number of aliphatic hydroxyl groups is 1. The van der Waals surface area contributed by atoms with Crippen molar-refractivity contribution in [3.05, 3.63) is 34.2 Å². The van der Waals surface area contributed by atoms with Crippen molar-refractivity contribution >= 4 is 40.9 Å². The van der Waals surface area contributed by atoms with Crippen LogP contribution in [0.3, 0.4) is 0 Å². The van der Waals surface area contributed by atoms with Gasteiger partial charge in [-0.2, -0.15) is 0 Å². The van der Waals surface area contributed by atoms with E-state index in [4.69, 9.17) is 15.8 Å². The predicted molar refractivity (Wildman–Crippen MR) is 154 cm³/mol. The fourth-order valence-electron chi connectivity index (χ4n) is 5.11. The second-order valence-corrected chi connectivity index (χ2v) is 11.7. The first-order valence-electron chi connectivity index (χ1n) is 13.7. The summed E-state index contributed by atoms with van der Waals surface area (Å²) in [6.07, 6.45) is 11.4. The van der Waals surface area contributed by atoms with Crippen molar-refractivity contribution in [3.8, 4) is 0 Å². The number of amidine groups is 1. The average molecular weight is 546 g/mol. The highest BCUT2D eigenvalue weighted by Crippen LogP contribution is 2.32. The van der Waals surface area contributed by atoms with Gasteiger partial charge < -0.3 is 20.7 Å². The number of nitrogens with zero attached hydrogens (tertiary/aromatic N) is 3. The van der Waals surface area contributed by atoms with Crippen LogP contribution in [0.15, 0.2) is 22.5 Å². The number of aliphatic hydroxyl groups excluding tert-OH is 1. The molecule has 3 rings (SSSR count). The van der Waals surface area contributed by atoms with Crippen LogP contribution in [0.4, 0.5) is 10.5 Å². The molecule has 1 saturated heterocycles. The zero-order chi connectivity index (χ0) is 27.7. The first kappa shape index (κ1) is 30.1. The van der Waals surface area contributed by atoms with E-state index in [-0.39, 0.29) is 12.5 Å². The van der Waals surface area contributed by atoms with E-state index in [9.17, 15) is 14.1 Å². The van der Waals surface area contributed by atoms with Crippen molar-refractivity contribution in [3.63, 3.8) is 0 Å². The summed E-state index contributed by atoms with van der Waals surface area (Å²) in [6.45, 7) is 5.25. The Morgan fingerprint density at radius 2 is 1.74 bits per heavy atom. The van der Waals surface area contributed by atoms with Crippen molar-refractivity contribution in [1.29, 1.82) is 0 Å². The molecule has 1 aromatic rings. The topological polar surface area (TPSA) is 134 Å². The highest BCUT2D eigenvalue weighted by Gasteiger charge is 2.47. The molecule has 1 fully saturated rings. The molecular formula is C28H43N5O4S. The predicted octanol–water partition coefficient (Wildman–Crippen LogP) is 3.93. The van der Waals surface area contributed by atoms with Crippen LogP contribution in [0.25, 0.3) is 6.08 Å². The van der Waals surface area contributed by atoms with Crippen LogP contribution in [0.5, 0.6) is 0 Å². The molecule has 4 N–H and O–H groups in total. The molecule has 10 heteroatoms. The molecule has 0 saturated carbocycles. The number of benzene rings is 1. The Morgan fingerprint density at radius 1 is 1.16 bits per heavy atom. The molecule has 0 aliphatic carbocycles. The zero-order valence-electron chi connectivity index (χ0n) is 23.0. The lowest BCUT2D eigenvalue weighted by molar-refractivity contribution is -0.124. The largest absolute Gasteiger partial charge is 0.593 e. The molecule has 38 heavy (non-hydrogen) atoms.